The number of halogens is 1. The van der Waals surface area contributed by atoms with Crippen LogP contribution in [0.3, 0.4) is 0 Å². The molecule has 1 atom stereocenters. The Morgan fingerprint density at radius 3 is 2.82 bits per heavy atom. The van der Waals surface area contributed by atoms with Crippen LogP contribution in [0.4, 0.5) is 0 Å². The number of benzene rings is 1. The van der Waals surface area contributed by atoms with Crippen molar-refractivity contribution in [2.24, 2.45) is 0 Å². The van der Waals surface area contributed by atoms with Gasteiger partial charge < -0.3 is 13.9 Å². The number of hydrogen-bond acceptors (Lipinski definition) is 6. The Morgan fingerprint density at radius 2 is 2.14 bits per heavy atom. The van der Waals surface area contributed by atoms with Crippen LogP contribution in [0.1, 0.15) is 12.8 Å². The molecule has 0 N–H and O–H groups in total. The van der Waals surface area contributed by atoms with Crippen molar-refractivity contribution in [1.29, 1.82) is 0 Å². The quantitative estimate of drug-likeness (QED) is 0.576. The van der Waals surface area contributed by atoms with Crippen molar-refractivity contribution in [2.75, 3.05) is 6.61 Å². The van der Waals surface area contributed by atoms with Gasteiger partial charge in [0.25, 0.3) is 5.89 Å². The van der Waals surface area contributed by atoms with Gasteiger partial charge in [0, 0.05) is 10.6 Å². The van der Waals surface area contributed by atoms with Crippen LogP contribution in [0.2, 0.25) is 5.02 Å². The fourth-order valence-electron chi connectivity index (χ4n) is 1.55. The van der Waals surface area contributed by atoms with Crippen LogP contribution in [0.15, 0.2) is 41.3 Å². The lowest BCUT2D eigenvalue weighted by Gasteiger charge is -2.09. The maximum atomic E-state index is 11.7. The second kappa shape index (κ2) is 7.72. The number of rotatable bonds is 7. The Hall–Kier alpha value is -2.18. The lowest BCUT2D eigenvalue weighted by molar-refractivity contribution is -0.157. The first kappa shape index (κ1) is 16.2. The van der Waals surface area contributed by atoms with E-state index in [0.29, 0.717) is 10.9 Å². The van der Waals surface area contributed by atoms with E-state index in [9.17, 15) is 4.79 Å². The minimum absolute atomic E-state index is 0.110. The van der Waals surface area contributed by atoms with Gasteiger partial charge in [-0.1, -0.05) is 17.7 Å². The molecule has 2 aromatic rings. The average Bonchev–Trinajstić information content (AvgIpc) is 2.99. The van der Waals surface area contributed by atoms with Gasteiger partial charge >= 0.3 is 5.97 Å². The predicted octanol–water partition coefficient (Wildman–Crippen LogP) is 3.02. The van der Waals surface area contributed by atoms with Gasteiger partial charge in [0.2, 0.25) is 5.89 Å². The fourth-order valence-corrected chi connectivity index (χ4v) is 1.68. The monoisotopic (exact) mass is 322 g/mol. The van der Waals surface area contributed by atoms with E-state index in [1.165, 1.54) is 0 Å². The van der Waals surface area contributed by atoms with Gasteiger partial charge in [-0.05, 0) is 31.2 Å². The molecule has 1 unspecified atom stereocenters. The minimum atomic E-state index is -0.684. The van der Waals surface area contributed by atoms with E-state index in [-0.39, 0.29) is 19.1 Å². The fraction of sp³-hybridized carbons (Fsp3) is 0.267. The molecule has 0 saturated heterocycles. The van der Waals surface area contributed by atoms with Crippen molar-refractivity contribution in [3.05, 3.63) is 47.8 Å². The van der Waals surface area contributed by atoms with E-state index in [1.807, 2.05) is 0 Å². The van der Waals surface area contributed by atoms with E-state index in [4.69, 9.17) is 25.5 Å². The Balaban J connectivity index is 1.91. The molecule has 0 aliphatic heterocycles. The summed E-state index contributed by atoms with van der Waals surface area (Å²) in [4.78, 5) is 11.7. The molecule has 7 heteroatoms. The third-order valence-electron chi connectivity index (χ3n) is 2.69. The zero-order chi connectivity index (χ0) is 15.9. The number of aromatic nitrogens is 2. The second-order valence-electron chi connectivity index (χ2n) is 4.38. The summed E-state index contributed by atoms with van der Waals surface area (Å²) in [6.07, 6.45) is 0.872. The Morgan fingerprint density at radius 1 is 1.41 bits per heavy atom. The van der Waals surface area contributed by atoms with Crippen LogP contribution in [0.5, 0.6) is 0 Å². The molecule has 116 valence electrons. The highest BCUT2D eigenvalue weighted by molar-refractivity contribution is 6.30. The number of ether oxygens (including phenoxy) is 2. The maximum Gasteiger partial charge on any atom is 0.335 e. The lowest BCUT2D eigenvalue weighted by Crippen LogP contribution is -2.23. The summed E-state index contributed by atoms with van der Waals surface area (Å²) in [6, 6.07) is 6.96. The number of carbonyl (C=O) groups excluding carboxylic acids is 1. The van der Waals surface area contributed by atoms with Gasteiger partial charge in [-0.15, -0.1) is 16.8 Å². The van der Waals surface area contributed by atoms with E-state index in [1.54, 1.807) is 37.3 Å². The minimum Gasteiger partial charge on any atom is -0.454 e. The summed E-state index contributed by atoms with van der Waals surface area (Å²) in [5, 5.41) is 8.33. The van der Waals surface area contributed by atoms with Gasteiger partial charge in [-0.2, -0.15) is 0 Å². The molecule has 0 aliphatic carbocycles. The predicted molar refractivity (Wildman–Crippen MR) is 80.2 cm³/mol. The van der Waals surface area contributed by atoms with Crippen LogP contribution in [0, 0.1) is 0 Å². The largest absolute Gasteiger partial charge is 0.454 e. The number of esters is 1. The molecule has 0 radical (unpaired) electrons. The Bertz CT molecular complexity index is 639. The molecule has 0 bridgehead atoms. The molecule has 22 heavy (non-hydrogen) atoms. The standard InChI is InChI=1S/C15H15ClN2O4/c1-3-8-20-10(2)15(19)21-9-13-17-18-14(22-13)11-4-6-12(16)7-5-11/h3-7,10H,1,8-9H2,2H3. The van der Waals surface area contributed by atoms with Gasteiger partial charge in [0.05, 0.1) is 6.61 Å². The van der Waals surface area contributed by atoms with Crippen LogP contribution in [-0.2, 0) is 20.9 Å². The number of carbonyl (C=O) groups is 1. The highest BCUT2D eigenvalue weighted by Gasteiger charge is 2.16. The van der Waals surface area contributed by atoms with Crippen LogP contribution in [-0.4, -0.2) is 28.9 Å². The van der Waals surface area contributed by atoms with Gasteiger partial charge in [-0.25, -0.2) is 4.79 Å². The maximum absolute atomic E-state index is 11.7. The second-order valence-corrected chi connectivity index (χ2v) is 4.82. The van der Waals surface area contributed by atoms with Crippen molar-refractivity contribution < 1.29 is 18.7 Å². The molecule has 0 amide bonds. The van der Waals surface area contributed by atoms with Crippen molar-refractivity contribution in [2.45, 2.75) is 19.6 Å². The topological polar surface area (TPSA) is 74.5 Å². The summed E-state index contributed by atoms with van der Waals surface area (Å²) in [5.41, 5.74) is 0.733. The molecular weight excluding hydrogens is 308 g/mol. The Kier molecular flexibility index (Phi) is 5.68. The molecule has 0 fully saturated rings. The van der Waals surface area contributed by atoms with Crippen LogP contribution in [0.25, 0.3) is 11.5 Å². The molecule has 1 heterocycles. The summed E-state index contributed by atoms with van der Waals surface area (Å²) in [5.74, 6) is 0.0287. The van der Waals surface area contributed by atoms with E-state index in [2.05, 4.69) is 16.8 Å². The Labute approximate surface area is 132 Å². The number of nitrogens with zero attached hydrogens (tertiary/aromatic N) is 2. The van der Waals surface area contributed by atoms with Crippen molar-refractivity contribution >= 4 is 17.6 Å². The highest BCUT2D eigenvalue weighted by atomic mass is 35.5. The van der Waals surface area contributed by atoms with E-state index in [0.717, 1.165) is 5.56 Å². The molecule has 2 rings (SSSR count). The van der Waals surface area contributed by atoms with Crippen molar-refractivity contribution in [3.8, 4) is 11.5 Å². The normalized spacial score (nSPS) is 11.9. The summed E-state index contributed by atoms with van der Waals surface area (Å²) < 4.78 is 15.6. The van der Waals surface area contributed by atoms with Crippen LogP contribution >= 0.6 is 11.6 Å². The zero-order valence-electron chi connectivity index (χ0n) is 12.0. The third kappa shape index (κ3) is 4.41. The summed E-state index contributed by atoms with van der Waals surface area (Å²) in [6.45, 7) is 5.27. The summed E-state index contributed by atoms with van der Waals surface area (Å²) >= 11 is 5.81. The van der Waals surface area contributed by atoms with Crippen molar-refractivity contribution in [3.63, 3.8) is 0 Å². The van der Waals surface area contributed by atoms with Gasteiger partial charge in [-0.3, -0.25) is 0 Å². The highest BCUT2D eigenvalue weighted by Crippen LogP contribution is 2.20. The molecule has 0 aliphatic rings. The third-order valence-corrected chi connectivity index (χ3v) is 2.94. The molecule has 1 aromatic carbocycles. The van der Waals surface area contributed by atoms with Gasteiger partial charge in [0.15, 0.2) is 12.7 Å². The number of hydrogen-bond donors (Lipinski definition) is 0. The van der Waals surface area contributed by atoms with E-state index >= 15 is 0 Å². The smallest absolute Gasteiger partial charge is 0.335 e. The average molecular weight is 323 g/mol. The molecule has 0 saturated carbocycles. The van der Waals surface area contributed by atoms with Crippen molar-refractivity contribution in [1.82, 2.24) is 10.2 Å². The molecule has 6 nitrogen and oxygen atoms in total. The first-order chi connectivity index (χ1) is 10.6. The zero-order valence-corrected chi connectivity index (χ0v) is 12.7. The van der Waals surface area contributed by atoms with Crippen LogP contribution < -0.4 is 0 Å². The first-order valence-corrected chi connectivity index (χ1v) is 6.95. The van der Waals surface area contributed by atoms with E-state index < -0.39 is 12.1 Å². The molecular formula is C15H15ClN2O4. The lowest BCUT2D eigenvalue weighted by atomic mass is 10.2. The molecule has 0 spiro atoms. The first-order valence-electron chi connectivity index (χ1n) is 6.57. The molecule has 1 aromatic heterocycles. The SMILES string of the molecule is C=CCOC(C)C(=O)OCc1nnc(-c2ccc(Cl)cc2)o1. The summed E-state index contributed by atoms with van der Waals surface area (Å²) in [7, 11) is 0. The van der Waals surface area contributed by atoms with Gasteiger partial charge in [0.1, 0.15) is 0 Å².